The Balaban J connectivity index is 2.25. The molecule has 0 saturated carbocycles. The number of rotatable bonds is 2. The molecule has 4 heteroatoms. The molecule has 0 unspecified atom stereocenters. The van der Waals surface area contributed by atoms with Crippen molar-refractivity contribution in [3.8, 4) is 0 Å². The summed E-state index contributed by atoms with van der Waals surface area (Å²) < 4.78 is 1.91. The van der Waals surface area contributed by atoms with Gasteiger partial charge in [-0.05, 0) is 24.6 Å². The number of imidazole rings is 1. The van der Waals surface area contributed by atoms with Crippen LogP contribution in [0.5, 0.6) is 0 Å². The van der Waals surface area contributed by atoms with E-state index in [0.717, 1.165) is 22.2 Å². The fourth-order valence-electron chi connectivity index (χ4n) is 1.29. The first kappa shape index (κ1) is 10.1. The van der Waals surface area contributed by atoms with E-state index in [2.05, 4.69) is 10.3 Å². The van der Waals surface area contributed by atoms with Gasteiger partial charge in [0.25, 0.3) is 0 Å². The molecule has 2 rings (SSSR count). The average Bonchev–Trinajstić information content (AvgIpc) is 2.59. The van der Waals surface area contributed by atoms with Crippen molar-refractivity contribution in [3.63, 3.8) is 0 Å². The number of nitrogens with zero attached hydrogens (tertiary/aromatic N) is 2. The standard InChI is InChI=1S/C11H12ClN3/c1-8-3-4-9(7-10(8)12)14-11-13-5-6-15(11)2/h3-7H,1-2H3,(H,13,14). The van der Waals surface area contributed by atoms with E-state index >= 15 is 0 Å². The molecule has 0 aliphatic heterocycles. The lowest BCUT2D eigenvalue weighted by molar-refractivity contribution is 0.924. The molecular weight excluding hydrogens is 210 g/mol. The van der Waals surface area contributed by atoms with Crippen LogP contribution in [0.3, 0.4) is 0 Å². The third-order valence-corrected chi connectivity index (χ3v) is 2.66. The Morgan fingerprint density at radius 1 is 1.40 bits per heavy atom. The predicted octanol–water partition coefficient (Wildman–Crippen LogP) is 3.13. The maximum Gasteiger partial charge on any atom is 0.207 e. The molecule has 0 spiro atoms. The highest BCUT2D eigenvalue weighted by atomic mass is 35.5. The van der Waals surface area contributed by atoms with E-state index in [0.29, 0.717) is 0 Å². The topological polar surface area (TPSA) is 29.9 Å². The summed E-state index contributed by atoms with van der Waals surface area (Å²) in [5.74, 6) is 0.801. The van der Waals surface area contributed by atoms with Crippen molar-refractivity contribution in [3.05, 3.63) is 41.2 Å². The fraction of sp³-hybridized carbons (Fsp3) is 0.182. The highest BCUT2D eigenvalue weighted by Gasteiger charge is 2.01. The number of aryl methyl sites for hydroxylation is 2. The molecule has 0 fully saturated rings. The highest BCUT2D eigenvalue weighted by molar-refractivity contribution is 6.31. The molecule has 0 atom stereocenters. The van der Waals surface area contributed by atoms with Crippen molar-refractivity contribution in [1.82, 2.24) is 9.55 Å². The molecule has 1 N–H and O–H groups in total. The molecule has 2 aromatic rings. The molecule has 1 aromatic carbocycles. The van der Waals surface area contributed by atoms with Crippen molar-refractivity contribution in [2.75, 3.05) is 5.32 Å². The summed E-state index contributed by atoms with van der Waals surface area (Å²) in [4.78, 5) is 4.17. The Bertz CT molecular complexity index is 476. The molecule has 0 radical (unpaired) electrons. The monoisotopic (exact) mass is 221 g/mol. The molecule has 0 bridgehead atoms. The van der Waals surface area contributed by atoms with E-state index < -0.39 is 0 Å². The Labute approximate surface area is 93.7 Å². The highest BCUT2D eigenvalue weighted by Crippen LogP contribution is 2.22. The second-order valence-corrected chi connectivity index (χ2v) is 3.86. The third kappa shape index (κ3) is 2.13. The van der Waals surface area contributed by atoms with Crippen molar-refractivity contribution in [1.29, 1.82) is 0 Å². The molecule has 1 heterocycles. The minimum Gasteiger partial charge on any atom is -0.326 e. The fourth-order valence-corrected chi connectivity index (χ4v) is 1.47. The van der Waals surface area contributed by atoms with E-state index in [9.17, 15) is 0 Å². The Morgan fingerprint density at radius 2 is 2.20 bits per heavy atom. The van der Waals surface area contributed by atoms with Crippen molar-refractivity contribution < 1.29 is 0 Å². The third-order valence-electron chi connectivity index (χ3n) is 2.25. The van der Waals surface area contributed by atoms with Crippen LogP contribution in [0.2, 0.25) is 5.02 Å². The first-order valence-corrected chi connectivity index (χ1v) is 5.05. The van der Waals surface area contributed by atoms with Crippen LogP contribution in [0, 0.1) is 6.92 Å². The predicted molar refractivity (Wildman–Crippen MR) is 62.7 cm³/mol. The maximum absolute atomic E-state index is 6.03. The lowest BCUT2D eigenvalue weighted by Crippen LogP contribution is -1.98. The van der Waals surface area contributed by atoms with Gasteiger partial charge < -0.3 is 9.88 Å². The van der Waals surface area contributed by atoms with E-state index in [1.807, 2.05) is 42.9 Å². The zero-order valence-corrected chi connectivity index (χ0v) is 9.42. The van der Waals surface area contributed by atoms with Crippen LogP contribution in [-0.2, 0) is 7.05 Å². The SMILES string of the molecule is Cc1ccc(Nc2nccn2C)cc1Cl. The molecule has 0 saturated heterocycles. The Hall–Kier alpha value is -1.48. The zero-order chi connectivity index (χ0) is 10.8. The minimum absolute atomic E-state index is 0.759. The summed E-state index contributed by atoms with van der Waals surface area (Å²) >= 11 is 6.03. The first-order valence-electron chi connectivity index (χ1n) is 4.67. The van der Waals surface area contributed by atoms with E-state index in [4.69, 9.17) is 11.6 Å². The lowest BCUT2D eigenvalue weighted by atomic mass is 10.2. The van der Waals surface area contributed by atoms with Gasteiger partial charge in [0.1, 0.15) is 0 Å². The number of hydrogen-bond acceptors (Lipinski definition) is 2. The molecule has 78 valence electrons. The molecule has 1 aromatic heterocycles. The largest absolute Gasteiger partial charge is 0.326 e. The summed E-state index contributed by atoms with van der Waals surface area (Å²) in [5.41, 5.74) is 2.02. The summed E-state index contributed by atoms with van der Waals surface area (Å²) in [6.45, 7) is 1.98. The number of aromatic nitrogens is 2. The Kier molecular flexibility index (Phi) is 2.64. The van der Waals surface area contributed by atoms with Crippen LogP contribution in [0.4, 0.5) is 11.6 Å². The minimum atomic E-state index is 0.759. The number of nitrogens with one attached hydrogen (secondary N) is 1. The van der Waals surface area contributed by atoms with Gasteiger partial charge in [-0.1, -0.05) is 17.7 Å². The van der Waals surface area contributed by atoms with Crippen LogP contribution in [0.25, 0.3) is 0 Å². The van der Waals surface area contributed by atoms with Gasteiger partial charge in [0.15, 0.2) is 0 Å². The van der Waals surface area contributed by atoms with E-state index in [1.54, 1.807) is 6.20 Å². The van der Waals surface area contributed by atoms with Crippen LogP contribution in [0.15, 0.2) is 30.6 Å². The van der Waals surface area contributed by atoms with Gasteiger partial charge in [0.05, 0.1) is 0 Å². The van der Waals surface area contributed by atoms with Crippen LogP contribution in [-0.4, -0.2) is 9.55 Å². The number of hydrogen-bond donors (Lipinski definition) is 1. The summed E-state index contributed by atoms with van der Waals surface area (Å²) in [6.07, 6.45) is 3.64. The molecule has 0 amide bonds. The smallest absolute Gasteiger partial charge is 0.207 e. The van der Waals surface area contributed by atoms with Crippen molar-refractivity contribution in [2.24, 2.45) is 7.05 Å². The summed E-state index contributed by atoms with van der Waals surface area (Å²) in [6, 6.07) is 5.86. The van der Waals surface area contributed by atoms with Gasteiger partial charge in [-0.2, -0.15) is 0 Å². The van der Waals surface area contributed by atoms with Gasteiger partial charge in [0, 0.05) is 30.2 Å². The molecular formula is C11H12ClN3. The van der Waals surface area contributed by atoms with Gasteiger partial charge in [-0.15, -0.1) is 0 Å². The quantitative estimate of drug-likeness (QED) is 0.845. The second-order valence-electron chi connectivity index (χ2n) is 3.45. The van der Waals surface area contributed by atoms with Crippen LogP contribution in [0.1, 0.15) is 5.56 Å². The van der Waals surface area contributed by atoms with Gasteiger partial charge in [-0.3, -0.25) is 0 Å². The normalized spacial score (nSPS) is 10.3. The number of anilines is 2. The molecule has 15 heavy (non-hydrogen) atoms. The van der Waals surface area contributed by atoms with Gasteiger partial charge in [-0.25, -0.2) is 4.98 Å². The van der Waals surface area contributed by atoms with Gasteiger partial charge >= 0.3 is 0 Å². The lowest BCUT2D eigenvalue weighted by Gasteiger charge is -2.07. The van der Waals surface area contributed by atoms with E-state index in [1.165, 1.54) is 0 Å². The zero-order valence-electron chi connectivity index (χ0n) is 8.66. The summed E-state index contributed by atoms with van der Waals surface area (Å²) in [5, 5.41) is 3.95. The average molecular weight is 222 g/mol. The Morgan fingerprint density at radius 3 is 2.80 bits per heavy atom. The van der Waals surface area contributed by atoms with Gasteiger partial charge in [0.2, 0.25) is 5.95 Å². The summed E-state index contributed by atoms with van der Waals surface area (Å²) in [7, 11) is 1.94. The van der Waals surface area contributed by atoms with Crippen LogP contribution >= 0.6 is 11.6 Å². The number of halogens is 1. The molecule has 3 nitrogen and oxygen atoms in total. The maximum atomic E-state index is 6.03. The number of benzene rings is 1. The molecule has 0 aliphatic rings. The van der Waals surface area contributed by atoms with Crippen molar-refractivity contribution in [2.45, 2.75) is 6.92 Å². The van der Waals surface area contributed by atoms with E-state index in [-0.39, 0.29) is 0 Å². The molecule has 0 aliphatic carbocycles. The van der Waals surface area contributed by atoms with Crippen molar-refractivity contribution >= 4 is 23.2 Å². The van der Waals surface area contributed by atoms with Crippen LogP contribution < -0.4 is 5.32 Å². The first-order chi connectivity index (χ1) is 7.16. The second kappa shape index (κ2) is 3.95.